The molecule has 9 heteroatoms. The molecule has 0 spiro atoms. The Kier molecular flexibility index (Phi) is 8.17. The van der Waals surface area contributed by atoms with Gasteiger partial charge in [0.25, 0.3) is 0 Å². The van der Waals surface area contributed by atoms with Gasteiger partial charge in [0, 0.05) is 12.1 Å². The molecule has 3 aromatic rings. The molecule has 3 aromatic carbocycles. The van der Waals surface area contributed by atoms with Gasteiger partial charge in [0.2, 0.25) is 15.9 Å². The molecule has 0 aliphatic carbocycles. The average Bonchev–Trinajstić information content (AvgIpc) is 2.79. The number of hydrogen-bond donors (Lipinski definition) is 3. The molecule has 0 bridgehead atoms. The summed E-state index contributed by atoms with van der Waals surface area (Å²) in [7, 11) is -3.65. The molecule has 2 amide bonds. The standard InChI is InChI=1S/C24H25N3O5S/c25-33(30,31)17-20-11-13-21(14-12-20)26-23(28)22(15-18-7-3-1-4-8-18)27-24(29)32-16-19-9-5-2-6-10-19/h1-14,22H,15-17H2,(H,26,28)(H,27,29)(H2,25,30,31)/t22-/m0/s1. The van der Waals surface area contributed by atoms with Crippen LogP contribution >= 0.6 is 0 Å². The summed E-state index contributed by atoms with van der Waals surface area (Å²) in [6.45, 7) is 0.0812. The summed E-state index contributed by atoms with van der Waals surface area (Å²) in [5.74, 6) is -0.734. The third-order valence-electron chi connectivity index (χ3n) is 4.69. The molecule has 0 saturated carbocycles. The van der Waals surface area contributed by atoms with E-state index < -0.39 is 28.1 Å². The van der Waals surface area contributed by atoms with Crippen molar-refractivity contribution >= 4 is 27.7 Å². The number of ether oxygens (including phenoxy) is 1. The van der Waals surface area contributed by atoms with Crippen LogP contribution in [0.2, 0.25) is 0 Å². The highest BCUT2D eigenvalue weighted by molar-refractivity contribution is 7.88. The zero-order valence-electron chi connectivity index (χ0n) is 17.8. The van der Waals surface area contributed by atoms with Gasteiger partial charge in [-0.05, 0) is 28.8 Å². The highest BCUT2D eigenvalue weighted by atomic mass is 32.2. The van der Waals surface area contributed by atoms with Crippen LogP contribution in [0.5, 0.6) is 0 Å². The summed E-state index contributed by atoms with van der Waals surface area (Å²) in [6, 6.07) is 23.9. The maximum Gasteiger partial charge on any atom is 0.408 e. The molecule has 33 heavy (non-hydrogen) atoms. The number of alkyl carbamates (subject to hydrolysis) is 1. The summed E-state index contributed by atoms with van der Waals surface area (Å²) in [6.07, 6.45) is -0.449. The van der Waals surface area contributed by atoms with E-state index in [0.717, 1.165) is 11.1 Å². The Morgan fingerprint density at radius 3 is 1.97 bits per heavy atom. The highest BCUT2D eigenvalue weighted by Crippen LogP contribution is 2.13. The lowest BCUT2D eigenvalue weighted by Crippen LogP contribution is -2.45. The van der Waals surface area contributed by atoms with Crippen LogP contribution in [0.3, 0.4) is 0 Å². The van der Waals surface area contributed by atoms with Crippen molar-refractivity contribution in [3.63, 3.8) is 0 Å². The van der Waals surface area contributed by atoms with E-state index in [1.165, 1.54) is 0 Å². The minimum Gasteiger partial charge on any atom is -0.445 e. The van der Waals surface area contributed by atoms with Crippen LogP contribution in [0, 0.1) is 0 Å². The molecule has 8 nitrogen and oxygen atoms in total. The van der Waals surface area contributed by atoms with Crippen molar-refractivity contribution in [3.05, 3.63) is 102 Å². The number of anilines is 1. The van der Waals surface area contributed by atoms with Crippen LogP contribution in [0.4, 0.5) is 10.5 Å². The summed E-state index contributed by atoms with van der Waals surface area (Å²) in [5.41, 5.74) is 2.65. The van der Waals surface area contributed by atoms with E-state index in [1.807, 2.05) is 60.7 Å². The monoisotopic (exact) mass is 467 g/mol. The lowest BCUT2D eigenvalue weighted by molar-refractivity contribution is -0.118. The molecular formula is C24H25N3O5S. The molecule has 0 aliphatic heterocycles. The topological polar surface area (TPSA) is 128 Å². The number of rotatable bonds is 9. The molecule has 172 valence electrons. The van der Waals surface area contributed by atoms with Crippen molar-refractivity contribution < 1.29 is 22.7 Å². The first kappa shape index (κ1) is 24.0. The molecule has 0 heterocycles. The minimum absolute atomic E-state index is 0.0812. The number of sulfonamides is 1. The van der Waals surface area contributed by atoms with Gasteiger partial charge in [-0.2, -0.15) is 0 Å². The fourth-order valence-corrected chi connectivity index (χ4v) is 3.77. The Labute approximate surface area is 192 Å². The van der Waals surface area contributed by atoms with E-state index in [-0.39, 0.29) is 18.8 Å². The van der Waals surface area contributed by atoms with Crippen LogP contribution in [0.15, 0.2) is 84.9 Å². The molecule has 3 rings (SSSR count). The summed E-state index contributed by atoms with van der Waals surface area (Å²) in [5, 5.41) is 10.4. The largest absolute Gasteiger partial charge is 0.445 e. The van der Waals surface area contributed by atoms with Crippen molar-refractivity contribution in [2.75, 3.05) is 5.32 Å². The number of carbonyl (C=O) groups is 2. The Morgan fingerprint density at radius 1 is 0.818 bits per heavy atom. The van der Waals surface area contributed by atoms with Gasteiger partial charge in [0.1, 0.15) is 12.6 Å². The third kappa shape index (κ3) is 8.40. The zero-order valence-corrected chi connectivity index (χ0v) is 18.6. The van der Waals surface area contributed by atoms with E-state index in [4.69, 9.17) is 9.88 Å². The number of carbonyl (C=O) groups excluding carboxylic acids is 2. The van der Waals surface area contributed by atoms with E-state index in [2.05, 4.69) is 10.6 Å². The number of nitrogens with two attached hydrogens (primary N) is 1. The van der Waals surface area contributed by atoms with Crippen molar-refractivity contribution in [1.29, 1.82) is 0 Å². The minimum atomic E-state index is -3.65. The number of primary sulfonamides is 1. The molecule has 0 fully saturated rings. The molecule has 0 aromatic heterocycles. The second-order valence-electron chi connectivity index (χ2n) is 7.44. The van der Waals surface area contributed by atoms with E-state index in [1.54, 1.807) is 24.3 Å². The number of nitrogens with one attached hydrogen (secondary N) is 2. The quantitative estimate of drug-likeness (QED) is 0.446. The van der Waals surface area contributed by atoms with Crippen molar-refractivity contribution in [2.45, 2.75) is 24.8 Å². The Morgan fingerprint density at radius 2 is 1.39 bits per heavy atom. The smallest absolute Gasteiger partial charge is 0.408 e. The van der Waals surface area contributed by atoms with E-state index in [9.17, 15) is 18.0 Å². The maximum atomic E-state index is 12.9. The third-order valence-corrected chi connectivity index (χ3v) is 5.43. The number of benzene rings is 3. The molecule has 4 N–H and O–H groups in total. The van der Waals surface area contributed by atoms with Crippen LogP contribution in [0.1, 0.15) is 16.7 Å². The zero-order chi connectivity index (χ0) is 23.7. The molecular weight excluding hydrogens is 442 g/mol. The lowest BCUT2D eigenvalue weighted by atomic mass is 10.1. The lowest BCUT2D eigenvalue weighted by Gasteiger charge is -2.19. The number of hydrogen-bond acceptors (Lipinski definition) is 5. The predicted octanol–water partition coefficient (Wildman–Crippen LogP) is 2.95. The SMILES string of the molecule is NS(=O)(=O)Cc1ccc(NC(=O)[C@H](Cc2ccccc2)NC(=O)OCc2ccccc2)cc1. The maximum absolute atomic E-state index is 12.9. The van der Waals surface area contributed by atoms with Crippen molar-refractivity contribution in [1.82, 2.24) is 5.32 Å². The van der Waals surface area contributed by atoms with Crippen LogP contribution in [-0.4, -0.2) is 26.5 Å². The normalized spacial score (nSPS) is 11.9. The van der Waals surface area contributed by atoms with Crippen molar-refractivity contribution in [2.24, 2.45) is 5.14 Å². The molecule has 0 saturated heterocycles. The first-order valence-corrected chi connectivity index (χ1v) is 11.9. The number of amides is 2. The van der Waals surface area contributed by atoms with Crippen LogP contribution < -0.4 is 15.8 Å². The molecule has 1 atom stereocenters. The molecule has 0 unspecified atom stereocenters. The predicted molar refractivity (Wildman–Crippen MR) is 126 cm³/mol. The van der Waals surface area contributed by atoms with Gasteiger partial charge < -0.3 is 15.4 Å². The Hall–Kier alpha value is -3.69. The summed E-state index contributed by atoms with van der Waals surface area (Å²) in [4.78, 5) is 25.3. The molecule has 0 radical (unpaired) electrons. The molecule has 0 aliphatic rings. The van der Waals surface area contributed by atoms with Gasteiger partial charge in [-0.1, -0.05) is 72.8 Å². The fourth-order valence-electron chi connectivity index (χ4n) is 3.11. The summed E-state index contributed by atoms with van der Waals surface area (Å²) >= 11 is 0. The van der Waals surface area contributed by atoms with Gasteiger partial charge in [0.15, 0.2) is 0 Å². The Bertz CT molecular complexity index is 1170. The van der Waals surface area contributed by atoms with Crippen molar-refractivity contribution in [3.8, 4) is 0 Å². The fraction of sp³-hybridized carbons (Fsp3) is 0.167. The first-order chi connectivity index (χ1) is 15.8. The van der Waals surface area contributed by atoms with Gasteiger partial charge >= 0.3 is 6.09 Å². The van der Waals surface area contributed by atoms with Gasteiger partial charge in [-0.15, -0.1) is 0 Å². The first-order valence-electron chi connectivity index (χ1n) is 10.2. The van der Waals surface area contributed by atoms with Crippen LogP contribution in [-0.2, 0) is 38.3 Å². The van der Waals surface area contributed by atoms with E-state index >= 15 is 0 Å². The van der Waals surface area contributed by atoms with E-state index in [0.29, 0.717) is 11.3 Å². The second kappa shape index (κ2) is 11.3. The Balaban J connectivity index is 1.66. The highest BCUT2D eigenvalue weighted by Gasteiger charge is 2.22. The van der Waals surface area contributed by atoms with Gasteiger partial charge in [0.05, 0.1) is 5.75 Å². The van der Waals surface area contributed by atoms with Gasteiger partial charge in [-0.3, -0.25) is 4.79 Å². The second-order valence-corrected chi connectivity index (χ2v) is 9.06. The van der Waals surface area contributed by atoms with Crippen LogP contribution in [0.25, 0.3) is 0 Å². The van der Waals surface area contributed by atoms with Gasteiger partial charge in [-0.25, -0.2) is 18.4 Å². The summed E-state index contributed by atoms with van der Waals surface area (Å²) < 4.78 is 27.7. The average molecular weight is 468 g/mol.